The van der Waals surface area contributed by atoms with Crippen LogP contribution in [0.25, 0.3) is 55.7 Å². The van der Waals surface area contributed by atoms with Crippen molar-refractivity contribution in [2.24, 2.45) is 11.8 Å². The van der Waals surface area contributed by atoms with Crippen LogP contribution in [-0.2, 0) is 4.74 Å². The minimum atomic E-state index is -0.0453. The number of aromatic nitrogens is 2. The number of fused-ring (bicyclic) bond motifs is 7. The first kappa shape index (κ1) is 30.6. The minimum absolute atomic E-state index is 0.0453. The van der Waals surface area contributed by atoms with E-state index in [4.69, 9.17) is 14.7 Å². The zero-order chi connectivity index (χ0) is 34.4. The molecule has 0 amide bonds. The van der Waals surface area contributed by atoms with Crippen molar-refractivity contribution in [2.75, 3.05) is 0 Å². The number of hydrogen-bond donors (Lipinski definition) is 0. The largest absolute Gasteiger partial charge is 0.366 e. The number of ether oxygens (including phenoxy) is 1. The topological polar surface area (TPSA) is 35.0 Å². The van der Waals surface area contributed by atoms with Gasteiger partial charge in [-0.25, -0.2) is 9.97 Å². The predicted octanol–water partition coefficient (Wildman–Crippen LogP) is 11.8. The van der Waals surface area contributed by atoms with Crippen LogP contribution < -0.4 is 0 Å². The van der Waals surface area contributed by atoms with Crippen molar-refractivity contribution < 1.29 is 4.74 Å². The summed E-state index contributed by atoms with van der Waals surface area (Å²) in [5.74, 6) is 1.16. The smallest absolute Gasteiger partial charge is 0.160 e. The van der Waals surface area contributed by atoms with Crippen molar-refractivity contribution in [1.82, 2.24) is 9.97 Å². The quantitative estimate of drug-likeness (QED) is 0.183. The Morgan fingerprint density at radius 2 is 1.21 bits per heavy atom. The molecule has 7 aromatic rings. The average Bonchev–Trinajstić information content (AvgIpc) is 3.40. The van der Waals surface area contributed by atoms with Crippen molar-refractivity contribution in [3.63, 3.8) is 0 Å². The van der Waals surface area contributed by atoms with Gasteiger partial charge in [0.2, 0.25) is 0 Å². The van der Waals surface area contributed by atoms with E-state index in [1.807, 2.05) is 6.07 Å². The van der Waals surface area contributed by atoms with Crippen LogP contribution in [-0.4, -0.2) is 16.1 Å². The number of benzene rings is 6. The van der Waals surface area contributed by atoms with E-state index in [0.29, 0.717) is 5.92 Å². The van der Waals surface area contributed by atoms with E-state index in [9.17, 15) is 0 Å². The molecule has 1 fully saturated rings. The highest BCUT2D eigenvalue weighted by molar-refractivity contribution is 5.88. The summed E-state index contributed by atoms with van der Waals surface area (Å²) in [6.45, 7) is 0. The van der Waals surface area contributed by atoms with Gasteiger partial charge in [-0.1, -0.05) is 170 Å². The fourth-order valence-corrected chi connectivity index (χ4v) is 8.39. The molecule has 1 aromatic heterocycles. The first-order chi connectivity index (χ1) is 25.7. The van der Waals surface area contributed by atoms with Crippen LogP contribution in [0.4, 0.5) is 0 Å². The Morgan fingerprint density at radius 1 is 0.538 bits per heavy atom. The van der Waals surface area contributed by atoms with Crippen molar-refractivity contribution in [1.29, 1.82) is 0 Å². The summed E-state index contributed by atoms with van der Waals surface area (Å²) in [4.78, 5) is 10.5. The zero-order valence-electron chi connectivity index (χ0n) is 28.6. The molecule has 2 aliphatic carbocycles. The summed E-state index contributed by atoms with van der Waals surface area (Å²) in [5.41, 5.74) is 12.4. The normalized spacial score (nSPS) is 20.3. The van der Waals surface area contributed by atoms with Gasteiger partial charge >= 0.3 is 0 Å². The second kappa shape index (κ2) is 12.9. The summed E-state index contributed by atoms with van der Waals surface area (Å²) in [6, 6.07) is 56.1. The maximum atomic E-state index is 6.90. The lowest BCUT2D eigenvalue weighted by Gasteiger charge is -2.44. The van der Waals surface area contributed by atoms with Gasteiger partial charge in [-0.05, 0) is 68.6 Å². The van der Waals surface area contributed by atoms with Crippen LogP contribution >= 0.6 is 0 Å². The fourth-order valence-electron chi connectivity index (χ4n) is 8.39. The molecule has 4 atom stereocenters. The highest BCUT2D eigenvalue weighted by Crippen LogP contribution is 2.53. The third-order valence-corrected chi connectivity index (χ3v) is 10.9. The summed E-state index contributed by atoms with van der Waals surface area (Å²) < 4.78 is 6.90. The van der Waals surface area contributed by atoms with Crippen LogP contribution in [0.15, 0.2) is 182 Å². The number of allylic oxidation sites excluding steroid dienone is 3. The monoisotopic (exact) mass is 668 g/mol. The van der Waals surface area contributed by atoms with Gasteiger partial charge < -0.3 is 4.74 Å². The van der Waals surface area contributed by atoms with Gasteiger partial charge in [0.1, 0.15) is 0 Å². The van der Waals surface area contributed by atoms with Crippen LogP contribution in [0.3, 0.4) is 0 Å². The second-order valence-electron chi connectivity index (χ2n) is 14.0. The molecule has 10 rings (SSSR count). The summed E-state index contributed by atoms with van der Waals surface area (Å²) >= 11 is 0. The number of nitrogens with zero attached hydrogens (tertiary/aromatic N) is 2. The molecule has 6 aromatic carbocycles. The highest BCUT2D eigenvalue weighted by atomic mass is 16.5. The summed E-state index contributed by atoms with van der Waals surface area (Å²) in [7, 11) is 0. The van der Waals surface area contributed by atoms with Gasteiger partial charge in [-0.3, -0.25) is 0 Å². The lowest BCUT2D eigenvalue weighted by atomic mass is 9.69. The van der Waals surface area contributed by atoms with E-state index in [1.165, 1.54) is 44.2 Å². The van der Waals surface area contributed by atoms with Crippen LogP contribution in [0.1, 0.15) is 34.9 Å². The molecule has 1 saturated heterocycles. The molecule has 3 nitrogen and oxygen atoms in total. The molecule has 2 heterocycles. The van der Waals surface area contributed by atoms with Crippen LogP contribution in [0, 0.1) is 11.8 Å². The van der Waals surface area contributed by atoms with Gasteiger partial charge in [0.25, 0.3) is 0 Å². The Hall–Kier alpha value is -6.16. The number of rotatable bonds is 5. The molecular formula is C49H36N2O. The molecule has 248 valence electrons. The molecule has 0 spiro atoms. The standard InChI is InChI=1S/C49H36N2O/c1-3-13-34(14-4-1)40-21-11-18-39-29-43(40)45-30-44(41-19-9-10-20-42(41)48(45)52-39)47-31-46(50-49(51-47)36-15-5-2-6-16-36)35-25-22-33(23-26-35)38-27-24-32-12-7-8-17-37(32)28-38/h1-28,30-31,39,43,45,48H,29H2. The van der Waals surface area contributed by atoms with Gasteiger partial charge in [-0.15, -0.1) is 0 Å². The Bertz CT molecular complexity index is 2530. The van der Waals surface area contributed by atoms with Crippen molar-refractivity contribution in [2.45, 2.75) is 18.6 Å². The van der Waals surface area contributed by atoms with E-state index in [-0.39, 0.29) is 18.1 Å². The maximum absolute atomic E-state index is 6.90. The fraction of sp³-hybridized carbons (Fsp3) is 0.102. The molecule has 3 aliphatic rings. The predicted molar refractivity (Wildman–Crippen MR) is 212 cm³/mol. The van der Waals surface area contributed by atoms with E-state index in [2.05, 4.69) is 176 Å². The molecule has 3 heteroatoms. The van der Waals surface area contributed by atoms with E-state index in [0.717, 1.165) is 40.3 Å². The van der Waals surface area contributed by atoms with Crippen LogP contribution in [0.5, 0.6) is 0 Å². The van der Waals surface area contributed by atoms with Crippen molar-refractivity contribution in [3.05, 3.63) is 204 Å². The minimum Gasteiger partial charge on any atom is -0.366 e. The van der Waals surface area contributed by atoms with Crippen molar-refractivity contribution >= 4 is 21.9 Å². The van der Waals surface area contributed by atoms with Gasteiger partial charge in [0.15, 0.2) is 5.82 Å². The molecule has 0 saturated carbocycles. The van der Waals surface area contributed by atoms with Crippen LogP contribution in [0.2, 0.25) is 0 Å². The first-order valence-corrected chi connectivity index (χ1v) is 18.2. The molecular weight excluding hydrogens is 633 g/mol. The molecule has 0 N–H and O–H groups in total. The maximum Gasteiger partial charge on any atom is 0.160 e. The Balaban J connectivity index is 1.10. The van der Waals surface area contributed by atoms with Crippen molar-refractivity contribution in [3.8, 4) is 33.8 Å². The molecule has 4 unspecified atom stereocenters. The van der Waals surface area contributed by atoms with Gasteiger partial charge in [0.05, 0.1) is 23.6 Å². The molecule has 2 bridgehead atoms. The SMILES string of the molecule is C1=CC2CC(C(c3ccccc3)=C1)C1C=C(c3cc(-c4ccc(-c5ccc6ccccc6c5)cc4)nc(-c4ccccc4)n3)c3ccccc3C1O2. The lowest BCUT2D eigenvalue weighted by Crippen LogP contribution is -2.36. The average molecular weight is 669 g/mol. The second-order valence-corrected chi connectivity index (χ2v) is 14.0. The molecule has 1 aliphatic heterocycles. The number of hydrogen-bond acceptors (Lipinski definition) is 3. The third kappa shape index (κ3) is 5.51. The lowest BCUT2D eigenvalue weighted by molar-refractivity contribution is -0.0664. The van der Waals surface area contributed by atoms with Gasteiger partial charge in [-0.2, -0.15) is 0 Å². The Morgan fingerprint density at radius 3 is 2.04 bits per heavy atom. The Kier molecular flexibility index (Phi) is 7.58. The molecule has 0 radical (unpaired) electrons. The Labute approximate surface area is 304 Å². The summed E-state index contributed by atoms with van der Waals surface area (Å²) in [6.07, 6.45) is 10.1. The highest BCUT2D eigenvalue weighted by Gasteiger charge is 2.43. The van der Waals surface area contributed by atoms with E-state index < -0.39 is 0 Å². The first-order valence-electron chi connectivity index (χ1n) is 18.2. The molecule has 52 heavy (non-hydrogen) atoms. The third-order valence-electron chi connectivity index (χ3n) is 10.9. The zero-order valence-corrected chi connectivity index (χ0v) is 28.6. The van der Waals surface area contributed by atoms with E-state index >= 15 is 0 Å². The van der Waals surface area contributed by atoms with E-state index in [1.54, 1.807) is 0 Å². The summed E-state index contributed by atoms with van der Waals surface area (Å²) in [5, 5.41) is 2.49. The van der Waals surface area contributed by atoms with Gasteiger partial charge in [0, 0.05) is 22.6 Å².